The summed E-state index contributed by atoms with van der Waals surface area (Å²) in [5.41, 5.74) is 11.1. The molecule has 2 amide bonds. The average molecular weight is 344 g/mol. The van der Waals surface area contributed by atoms with Crippen LogP contribution in [0.3, 0.4) is 0 Å². The van der Waals surface area contributed by atoms with E-state index in [1.807, 2.05) is 13.8 Å². The highest BCUT2D eigenvalue weighted by Crippen LogP contribution is 2.15. The Morgan fingerprint density at radius 3 is 2.52 bits per heavy atom. The molecule has 0 saturated carbocycles. The van der Waals surface area contributed by atoms with Crippen LogP contribution in [0.4, 0.5) is 0 Å². The van der Waals surface area contributed by atoms with Crippen molar-refractivity contribution in [3.05, 3.63) is 29.8 Å². The summed E-state index contributed by atoms with van der Waals surface area (Å²) in [7, 11) is 1.76. The molecular weight excluding hydrogens is 318 g/mol. The molecule has 4 N–H and O–H groups in total. The second kappa shape index (κ2) is 9.37. The van der Waals surface area contributed by atoms with Crippen molar-refractivity contribution >= 4 is 24.2 Å². The molecule has 0 aliphatic rings. The van der Waals surface area contributed by atoms with Crippen LogP contribution in [0.25, 0.3) is 0 Å². The summed E-state index contributed by atoms with van der Waals surface area (Å²) < 4.78 is 5.49. The van der Waals surface area contributed by atoms with Crippen LogP contribution in [0.2, 0.25) is 0 Å². The van der Waals surface area contributed by atoms with E-state index in [-0.39, 0.29) is 36.8 Å². The number of halogens is 1. The molecule has 0 aliphatic carbocycles. The van der Waals surface area contributed by atoms with Crippen molar-refractivity contribution in [3.63, 3.8) is 0 Å². The maximum Gasteiger partial charge on any atom is 0.248 e. The third-order valence-electron chi connectivity index (χ3n) is 3.35. The summed E-state index contributed by atoms with van der Waals surface area (Å²) in [6.07, 6.45) is 0.262. The van der Waals surface area contributed by atoms with E-state index in [1.165, 1.54) is 0 Å². The second-order valence-electron chi connectivity index (χ2n) is 6.11. The molecule has 0 saturated heterocycles. The minimum atomic E-state index is -0.509. The number of carbonyl (C=O) groups is 2. The molecule has 0 unspecified atom stereocenters. The van der Waals surface area contributed by atoms with E-state index >= 15 is 0 Å². The fourth-order valence-corrected chi connectivity index (χ4v) is 1.98. The number of carbonyl (C=O) groups excluding carboxylic acids is 2. The molecule has 0 bridgehead atoms. The Morgan fingerprint density at radius 1 is 1.30 bits per heavy atom. The Hall–Kier alpha value is -1.79. The van der Waals surface area contributed by atoms with E-state index in [9.17, 15) is 9.59 Å². The third-order valence-corrected chi connectivity index (χ3v) is 3.35. The van der Waals surface area contributed by atoms with E-state index in [4.69, 9.17) is 16.2 Å². The molecule has 23 heavy (non-hydrogen) atoms. The zero-order chi connectivity index (χ0) is 16.8. The van der Waals surface area contributed by atoms with Crippen LogP contribution in [0.15, 0.2) is 24.3 Å². The number of nitrogens with two attached hydrogens (primary N) is 2. The Morgan fingerprint density at radius 2 is 1.96 bits per heavy atom. The lowest BCUT2D eigenvalue weighted by Gasteiger charge is -2.29. The summed E-state index contributed by atoms with van der Waals surface area (Å²) in [4.78, 5) is 24.8. The lowest BCUT2D eigenvalue weighted by molar-refractivity contribution is -0.131. The number of primary amides is 1. The van der Waals surface area contributed by atoms with Gasteiger partial charge in [0.25, 0.3) is 0 Å². The van der Waals surface area contributed by atoms with Crippen LogP contribution in [0.5, 0.6) is 5.75 Å². The van der Waals surface area contributed by atoms with E-state index in [1.54, 1.807) is 36.2 Å². The van der Waals surface area contributed by atoms with Crippen molar-refractivity contribution in [2.24, 2.45) is 16.9 Å². The topological polar surface area (TPSA) is 98.7 Å². The van der Waals surface area contributed by atoms with Gasteiger partial charge in [-0.05, 0) is 30.2 Å². The fraction of sp³-hybridized carbons (Fsp3) is 0.500. The molecule has 0 fully saturated rings. The SMILES string of the molecule is CN(CC(C)(C)CN)C(=O)CCOc1cccc(C(N)=O)c1.Cl. The minimum absolute atomic E-state index is 0. The number of benzene rings is 1. The number of nitrogens with zero attached hydrogens (tertiary/aromatic N) is 1. The van der Waals surface area contributed by atoms with Crippen LogP contribution in [-0.2, 0) is 4.79 Å². The second-order valence-corrected chi connectivity index (χ2v) is 6.11. The van der Waals surface area contributed by atoms with Crippen molar-refractivity contribution < 1.29 is 14.3 Å². The monoisotopic (exact) mass is 343 g/mol. The van der Waals surface area contributed by atoms with Crippen LogP contribution < -0.4 is 16.2 Å². The zero-order valence-electron chi connectivity index (χ0n) is 13.9. The van der Waals surface area contributed by atoms with E-state index < -0.39 is 5.91 Å². The van der Waals surface area contributed by atoms with Gasteiger partial charge >= 0.3 is 0 Å². The van der Waals surface area contributed by atoms with Gasteiger partial charge in [0.05, 0.1) is 13.0 Å². The van der Waals surface area contributed by atoms with Crippen LogP contribution in [-0.4, -0.2) is 43.5 Å². The summed E-state index contributed by atoms with van der Waals surface area (Å²) in [6.45, 7) is 5.39. The molecule has 1 aromatic rings. The predicted octanol–water partition coefficient (Wildman–Crippen LogP) is 1.42. The average Bonchev–Trinajstić information content (AvgIpc) is 2.47. The highest BCUT2D eigenvalue weighted by Gasteiger charge is 2.20. The first-order chi connectivity index (χ1) is 10.2. The first kappa shape index (κ1) is 21.2. The zero-order valence-corrected chi connectivity index (χ0v) is 14.7. The standard InChI is InChI=1S/C16H25N3O3.ClH/c1-16(2,10-17)11-19(3)14(20)7-8-22-13-6-4-5-12(9-13)15(18)21;/h4-6,9H,7-8,10-11,17H2,1-3H3,(H2,18,21);1H. The molecule has 0 spiro atoms. The highest BCUT2D eigenvalue weighted by molar-refractivity contribution is 5.93. The molecule has 130 valence electrons. The molecule has 1 aromatic carbocycles. The Kier molecular flexibility index (Phi) is 8.64. The third kappa shape index (κ3) is 7.34. The maximum atomic E-state index is 12.0. The van der Waals surface area contributed by atoms with Crippen molar-refractivity contribution in [3.8, 4) is 5.75 Å². The molecule has 0 aromatic heterocycles. The van der Waals surface area contributed by atoms with Gasteiger partial charge in [-0.25, -0.2) is 0 Å². The van der Waals surface area contributed by atoms with Crippen LogP contribution in [0, 0.1) is 5.41 Å². The first-order valence-corrected chi connectivity index (χ1v) is 7.22. The molecule has 7 heteroatoms. The largest absolute Gasteiger partial charge is 0.493 e. The smallest absolute Gasteiger partial charge is 0.248 e. The van der Waals surface area contributed by atoms with Gasteiger partial charge in [-0.3, -0.25) is 9.59 Å². The maximum absolute atomic E-state index is 12.0. The van der Waals surface area contributed by atoms with Crippen LogP contribution in [0.1, 0.15) is 30.6 Å². The Bertz CT molecular complexity index is 535. The molecule has 1 rings (SSSR count). The van der Waals surface area contributed by atoms with Gasteiger partial charge in [-0.15, -0.1) is 12.4 Å². The first-order valence-electron chi connectivity index (χ1n) is 7.22. The quantitative estimate of drug-likeness (QED) is 0.745. The lowest BCUT2D eigenvalue weighted by Crippen LogP contribution is -2.40. The van der Waals surface area contributed by atoms with Gasteiger partial charge in [0.2, 0.25) is 11.8 Å². The Balaban J connectivity index is 0.00000484. The number of amides is 2. The van der Waals surface area contributed by atoms with Gasteiger partial charge in [-0.2, -0.15) is 0 Å². The highest BCUT2D eigenvalue weighted by atomic mass is 35.5. The van der Waals surface area contributed by atoms with Crippen molar-refractivity contribution in [1.82, 2.24) is 4.90 Å². The van der Waals surface area contributed by atoms with Gasteiger partial charge in [0.15, 0.2) is 0 Å². The van der Waals surface area contributed by atoms with Crippen LogP contribution >= 0.6 is 12.4 Å². The van der Waals surface area contributed by atoms with Crippen molar-refractivity contribution in [2.45, 2.75) is 20.3 Å². The van der Waals surface area contributed by atoms with Crippen molar-refractivity contribution in [1.29, 1.82) is 0 Å². The summed E-state index contributed by atoms with van der Waals surface area (Å²) in [5.74, 6) is 0.00639. The van der Waals surface area contributed by atoms with E-state index in [0.29, 0.717) is 24.4 Å². The molecular formula is C16H26ClN3O3. The molecule has 0 heterocycles. The molecule has 0 atom stereocenters. The lowest BCUT2D eigenvalue weighted by atomic mass is 9.93. The normalized spacial score (nSPS) is 10.6. The van der Waals surface area contributed by atoms with Gasteiger partial charge in [-0.1, -0.05) is 19.9 Å². The molecule has 0 radical (unpaired) electrons. The summed E-state index contributed by atoms with van der Waals surface area (Å²) in [5, 5.41) is 0. The molecule has 6 nitrogen and oxygen atoms in total. The molecule has 0 aliphatic heterocycles. The van der Waals surface area contributed by atoms with Gasteiger partial charge < -0.3 is 21.1 Å². The number of rotatable bonds is 8. The van der Waals surface area contributed by atoms with E-state index in [0.717, 1.165) is 0 Å². The minimum Gasteiger partial charge on any atom is -0.493 e. The summed E-state index contributed by atoms with van der Waals surface area (Å²) >= 11 is 0. The number of hydrogen-bond donors (Lipinski definition) is 2. The fourth-order valence-electron chi connectivity index (χ4n) is 1.98. The number of hydrogen-bond acceptors (Lipinski definition) is 4. The van der Waals surface area contributed by atoms with Gasteiger partial charge in [0.1, 0.15) is 5.75 Å². The number of ether oxygens (including phenoxy) is 1. The predicted molar refractivity (Wildman–Crippen MR) is 92.8 cm³/mol. The van der Waals surface area contributed by atoms with Crippen molar-refractivity contribution in [2.75, 3.05) is 26.7 Å². The Labute approximate surface area is 143 Å². The summed E-state index contributed by atoms with van der Waals surface area (Å²) in [6, 6.07) is 6.59. The van der Waals surface area contributed by atoms with E-state index in [2.05, 4.69) is 0 Å². The van der Waals surface area contributed by atoms with Gasteiger partial charge in [0, 0.05) is 19.2 Å².